The minimum absolute atomic E-state index is 0.0136. The van der Waals surface area contributed by atoms with Crippen molar-refractivity contribution in [3.8, 4) is 5.75 Å². The van der Waals surface area contributed by atoms with Crippen molar-refractivity contribution in [3.05, 3.63) is 41.5 Å². The first-order valence-electron chi connectivity index (χ1n) is 12.8. The van der Waals surface area contributed by atoms with Crippen LogP contribution >= 0.6 is 0 Å². The summed E-state index contributed by atoms with van der Waals surface area (Å²) < 4.78 is 18.7. The van der Waals surface area contributed by atoms with Gasteiger partial charge in [0.15, 0.2) is 0 Å². The summed E-state index contributed by atoms with van der Waals surface area (Å²) in [5.74, 6) is 1.51. The number of carbonyl (C=O) groups excluding carboxylic acids is 1. The van der Waals surface area contributed by atoms with Crippen molar-refractivity contribution in [1.29, 1.82) is 0 Å². The lowest BCUT2D eigenvalue weighted by atomic mass is 9.81. The van der Waals surface area contributed by atoms with Gasteiger partial charge in [0.2, 0.25) is 8.32 Å². The van der Waals surface area contributed by atoms with Gasteiger partial charge in [0.1, 0.15) is 11.5 Å². The molecule has 2 aliphatic rings. The first-order valence-corrected chi connectivity index (χ1v) is 15.0. The molecule has 33 heavy (non-hydrogen) atoms. The molecule has 3 rings (SSSR count). The fraction of sp³-hybridized carbons (Fsp3) is 0.679. The fourth-order valence-corrected chi connectivity index (χ4v) is 11.9. The molecular weight excluding hydrogens is 428 g/mol. The fourth-order valence-electron chi connectivity index (χ4n) is 6.33. The third-order valence-electron chi connectivity index (χ3n) is 7.96. The second-order valence-corrected chi connectivity index (χ2v) is 16.2. The molecule has 0 aromatic heterocycles. The van der Waals surface area contributed by atoms with Crippen LogP contribution in [-0.2, 0) is 20.6 Å². The maximum absolute atomic E-state index is 13.2. The average Bonchev–Trinajstić information content (AvgIpc) is 2.84. The van der Waals surface area contributed by atoms with Crippen LogP contribution in [0, 0.1) is 11.8 Å². The van der Waals surface area contributed by atoms with Crippen molar-refractivity contribution in [2.75, 3.05) is 13.7 Å². The van der Waals surface area contributed by atoms with Gasteiger partial charge in [0.05, 0.1) is 26.4 Å². The third-order valence-corrected chi connectivity index (χ3v) is 14.0. The molecule has 4 nitrogen and oxygen atoms in total. The molecule has 0 amide bonds. The first-order chi connectivity index (χ1) is 15.7. The Kier molecular flexibility index (Phi) is 8.99. The van der Waals surface area contributed by atoms with Gasteiger partial charge in [-0.2, -0.15) is 0 Å². The van der Waals surface area contributed by atoms with E-state index in [1.807, 2.05) is 24.3 Å². The highest BCUT2D eigenvalue weighted by atomic mass is 28.4. The molecule has 0 radical (unpaired) electrons. The molecule has 184 valence electrons. The van der Waals surface area contributed by atoms with Gasteiger partial charge in [-0.1, -0.05) is 59.8 Å². The monoisotopic (exact) mass is 472 g/mol. The zero-order chi connectivity index (χ0) is 24.2. The van der Waals surface area contributed by atoms with Gasteiger partial charge in [-0.25, -0.2) is 0 Å². The van der Waals surface area contributed by atoms with Gasteiger partial charge in [0.25, 0.3) is 0 Å². The van der Waals surface area contributed by atoms with E-state index in [2.05, 4.69) is 47.6 Å². The first kappa shape index (κ1) is 26.2. The minimum atomic E-state index is -2.10. The third kappa shape index (κ3) is 5.63. The molecular formula is C28H44O4Si. The number of rotatable bonds is 10. The molecule has 0 N–H and O–H groups in total. The van der Waals surface area contributed by atoms with Gasteiger partial charge in [-0.15, -0.1) is 0 Å². The summed E-state index contributed by atoms with van der Waals surface area (Å²) in [6.07, 6.45) is 5.70. The second kappa shape index (κ2) is 11.3. The summed E-state index contributed by atoms with van der Waals surface area (Å²) in [7, 11) is -0.423. The predicted molar refractivity (Wildman–Crippen MR) is 137 cm³/mol. The van der Waals surface area contributed by atoms with Gasteiger partial charge in [-0.05, 0) is 59.2 Å². The Balaban J connectivity index is 1.79. The normalized spacial score (nSPS) is 23.8. The smallest absolute Gasteiger partial charge is 0.201 e. The minimum Gasteiger partial charge on any atom is -0.497 e. The van der Waals surface area contributed by atoms with E-state index in [0.29, 0.717) is 42.0 Å². The van der Waals surface area contributed by atoms with Gasteiger partial charge in [-0.3, -0.25) is 4.79 Å². The lowest BCUT2D eigenvalue weighted by Crippen LogP contribution is -2.53. The van der Waals surface area contributed by atoms with Crippen molar-refractivity contribution in [1.82, 2.24) is 0 Å². The number of fused-ring (bicyclic) bond motifs is 2. The highest BCUT2D eigenvalue weighted by molar-refractivity contribution is 6.77. The van der Waals surface area contributed by atoms with Crippen molar-refractivity contribution in [3.63, 3.8) is 0 Å². The van der Waals surface area contributed by atoms with Crippen LogP contribution < -0.4 is 4.74 Å². The number of hydrogen-bond donors (Lipinski definition) is 0. The molecule has 0 saturated heterocycles. The summed E-state index contributed by atoms with van der Waals surface area (Å²) in [6, 6.07) is 8.03. The number of methoxy groups -OCH3 is 1. The van der Waals surface area contributed by atoms with Crippen LogP contribution in [0.15, 0.2) is 35.9 Å². The van der Waals surface area contributed by atoms with Gasteiger partial charge < -0.3 is 13.9 Å². The summed E-state index contributed by atoms with van der Waals surface area (Å²) in [5, 5.41) is 0. The van der Waals surface area contributed by atoms with Crippen LogP contribution in [0.5, 0.6) is 5.75 Å². The van der Waals surface area contributed by atoms with E-state index in [9.17, 15) is 4.79 Å². The van der Waals surface area contributed by atoms with Crippen LogP contribution in [0.4, 0.5) is 0 Å². The Hall–Kier alpha value is -1.43. The molecule has 0 unspecified atom stereocenters. The summed E-state index contributed by atoms with van der Waals surface area (Å²) in [4.78, 5) is 13.2. The highest BCUT2D eigenvalue weighted by Gasteiger charge is 2.50. The molecule has 5 heteroatoms. The standard InChI is InChI=1S/C28H44O4Si/c1-19(2)33(20(3)4,21(5)6)32-28-25-9-8-10-26(28)27(29)16-13-23(25)18-31-17-22-11-14-24(30-7)15-12-22/h9,11-12,14-15,19-21,23,26,28H,8,10,13,16-18H2,1-7H3/t23-,26+,28-/m1/s1. The zero-order valence-corrected chi connectivity index (χ0v) is 22.7. The van der Waals surface area contributed by atoms with E-state index in [4.69, 9.17) is 13.9 Å². The maximum Gasteiger partial charge on any atom is 0.201 e. The Morgan fingerprint density at radius 2 is 1.61 bits per heavy atom. The van der Waals surface area contributed by atoms with E-state index in [-0.39, 0.29) is 17.9 Å². The number of benzene rings is 1. The molecule has 0 heterocycles. The predicted octanol–water partition coefficient (Wildman–Crippen LogP) is 7.09. The molecule has 1 saturated carbocycles. The number of carbonyl (C=O) groups is 1. The number of ketones is 1. The van der Waals surface area contributed by atoms with Crippen molar-refractivity contribution in [2.45, 2.75) is 96.6 Å². The van der Waals surface area contributed by atoms with Gasteiger partial charge in [0, 0.05) is 18.3 Å². The number of allylic oxidation sites excluding steroid dienone is 1. The summed E-state index contributed by atoms with van der Waals surface area (Å²) in [5.41, 5.74) is 3.98. The molecule has 0 aliphatic heterocycles. The Morgan fingerprint density at radius 1 is 0.970 bits per heavy atom. The zero-order valence-electron chi connectivity index (χ0n) is 21.7. The topological polar surface area (TPSA) is 44.8 Å². The van der Waals surface area contributed by atoms with E-state index < -0.39 is 8.32 Å². The largest absolute Gasteiger partial charge is 0.497 e. The number of Topliss-reactive ketones (excluding diaryl/α,β-unsaturated/α-hetero) is 1. The lowest BCUT2D eigenvalue weighted by molar-refractivity contribution is -0.125. The number of ether oxygens (including phenoxy) is 2. The van der Waals surface area contributed by atoms with E-state index in [1.165, 1.54) is 5.57 Å². The number of hydrogen-bond acceptors (Lipinski definition) is 4. The molecule has 1 aromatic carbocycles. The van der Waals surface area contributed by atoms with Crippen molar-refractivity contribution >= 4 is 14.1 Å². The average molecular weight is 473 g/mol. The van der Waals surface area contributed by atoms with Crippen molar-refractivity contribution in [2.24, 2.45) is 11.8 Å². The molecule has 1 aromatic rings. The Labute approximate surface area is 202 Å². The van der Waals surface area contributed by atoms with Crippen LogP contribution in [0.1, 0.15) is 72.8 Å². The van der Waals surface area contributed by atoms with Crippen LogP contribution in [-0.4, -0.2) is 33.9 Å². The van der Waals surface area contributed by atoms with Crippen LogP contribution in [0.25, 0.3) is 0 Å². The Morgan fingerprint density at radius 3 is 2.18 bits per heavy atom. The lowest BCUT2D eigenvalue weighted by Gasteiger charge is -2.47. The Bertz CT molecular complexity index is 790. The molecule has 3 atom stereocenters. The van der Waals surface area contributed by atoms with Crippen LogP contribution in [0.2, 0.25) is 16.6 Å². The second-order valence-electron chi connectivity index (χ2n) is 10.8. The summed E-state index contributed by atoms with van der Waals surface area (Å²) in [6.45, 7) is 15.1. The van der Waals surface area contributed by atoms with E-state index in [0.717, 1.165) is 30.6 Å². The van der Waals surface area contributed by atoms with Gasteiger partial charge >= 0.3 is 0 Å². The molecule has 0 spiro atoms. The molecule has 2 aliphatic carbocycles. The quantitative estimate of drug-likeness (QED) is 0.269. The summed E-state index contributed by atoms with van der Waals surface area (Å²) >= 11 is 0. The highest BCUT2D eigenvalue weighted by Crippen LogP contribution is 2.48. The molecule has 1 fully saturated rings. The maximum atomic E-state index is 13.2. The molecule has 2 bridgehead atoms. The van der Waals surface area contributed by atoms with E-state index in [1.54, 1.807) is 7.11 Å². The van der Waals surface area contributed by atoms with Crippen molar-refractivity contribution < 1.29 is 18.7 Å². The SMILES string of the molecule is COc1ccc(COC[C@H]2CCC(=O)[C@@H]3CCC=C2[C@H]3O[Si](C(C)C)(C(C)C)C(C)C)cc1. The van der Waals surface area contributed by atoms with E-state index >= 15 is 0 Å². The van der Waals surface area contributed by atoms with Crippen LogP contribution in [0.3, 0.4) is 0 Å².